The number of hydrogen-bond acceptors (Lipinski definition) is 0. The first kappa shape index (κ1) is 15.9. The van der Waals surface area contributed by atoms with Crippen LogP contribution in [0.1, 0.15) is 73.9 Å². The smallest absolute Gasteiger partial charge is 0.0615 e. The highest BCUT2D eigenvalue weighted by Crippen LogP contribution is 2.42. The van der Waals surface area contributed by atoms with Crippen LogP contribution in [0.2, 0.25) is 0 Å². The van der Waals surface area contributed by atoms with Crippen LogP contribution in [0.3, 0.4) is 0 Å². The molecule has 112 valence electrons. The van der Waals surface area contributed by atoms with Crippen molar-refractivity contribution in [2.45, 2.75) is 71.1 Å². The Morgan fingerprint density at radius 3 is 2.45 bits per heavy atom. The lowest BCUT2D eigenvalue weighted by atomic mass is 9.77. The fraction of sp³-hybridized carbons (Fsp3) is 0.684. The zero-order valence-corrected chi connectivity index (χ0v) is 14.0. The summed E-state index contributed by atoms with van der Waals surface area (Å²) in [5.74, 6) is 1.64. The zero-order valence-electron chi connectivity index (χ0n) is 13.3. The van der Waals surface area contributed by atoms with Crippen molar-refractivity contribution in [2.24, 2.45) is 11.8 Å². The van der Waals surface area contributed by atoms with Crippen LogP contribution in [0.4, 0.5) is 0 Å². The maximum atomic E-state index is 6.79. The summed E-state index contributed by atoms with van der Waals surface area (Å²) in [7, 11) is 0. The van der Waals surface area contributed by atoms with Crippen LogP contribution in [-0.4, -0.2) is 0 Å². The molecule has 0 spiro atoms. The molecule has 1 aliphatic carbocycles. The standard InChI is InChI=1S/C19H29Cl/c1-4-5-6-16-8-10-17(11-9-16)19(20)18-12-7-14(2)13-15(18)3/h7,12-13,16-17,19H,4-6,8-11H2,1-3H3. The second kappa shape index (κ2) is 7.50. The minimum absolute atomic E-state index is 0.211. The van der Waals surface area contributed by atoms with Gasteiger partial charge in [0.15, 0.2) is 0 Å². The summed E-state index contributed by atoms with van der Waals surface area (Å²) in [6.07, 6.45) is 9.57. The Morgan fingerprint density at radius 2 is 1.85 bits per heavy atom. The summed E-state index contributed by atoms with van der Waals surface area (Å²) < 4.78 is 0. The van der Waals surface area contributed by atoms with Crippen molar-refractivity contribution in [3.05, 3.63) is 34.9 Å². The summed E-state index contributed by atoms with van der Waals surface area (Å²) in [5.41, 5.74) is 4.05. The summed E-state index contributed by atoms with van der Waals surface area (Å²) in [5, 5.41) is 0.211. The summed E-state index contributed by atoms with van der Waals surface area (Å²) in [6.45, 7) is 6.64. The van der Waals surface area contributed by atoms with E-state index >= 15 is 0 Å². The maximum absolute atomic E-state index is 6.79. The number of benzene rings is 1. The van der Waals surface area contributed by atoms with Crippen molar-refractivity contribution in [1.29, 1.82) is 0 Å². The molecule has 0 radical (unpaired) electrons. The molecule has 0 aromatic heterocycles. The van der Waals surface area contributed by atoms with Gasteiger partial charge in [0, 0.05) is 0 Å². The van der Waals surface area contributed by atoms with Crippen LogP contribution in [0, 0.1) is 25.7 Å². The highest BCUT2D eigenvalue weighted by molar-refractivity contribution is 6.21. The van der Waals surface area contributed by atoms with E-state index in [0.717, 1.165) is 5.92 Å². The second-order valence-electron chi connectivity index (χ2n) is 6.68. The van der Waals surface area contributed by atoms with Gasteiger partial charge >= 0.3 is 0 Å². The van der Waals surface area contributed by atoms with E-state index in [2.05, 4.69) is 39.0 Å². The quantitative estimate of drug-likeness (QED) is 0.538. The summed E-state index contributed by atoms with van der Waals surface area (Å²) in [4.78, 5) is 0. The Bertz CT molecular complexity index is 416. The average molecular weight is 293 g/mol. The Balaban J connectivity index is 1.92. The largest absolute Gasteiger partial charge is 0.118 e. The maximum Gasteiger partial charge on any atom is 0.0615 e. The number of unbranched alkanes of at least 4 members (excludes halogenated alkanes) is 1. The van der Waals surface area contributed by atoms with E-state index < -0.39 is 0 Å². The predicted octanol–water partition coefficient (Wildman–Crippen LogP) is 6.58. The highest BCUT2D eigenvalue weighted by atomic mass is 35.5. The molecule has 2 rings (SSSR count). The highest BCUT2D eigenvalue weighted by Gasteiger charge is 2.27. The molecule has 0 amide bonds. The molecule has 1 unspecified atom stereocenters. The van der Waals surface area contributed by atoms with E-state index in [1.54, 1.807) is 0 Å². The third kappa shape index (κ3) is 4.01. The molecule has 1 saturated carbocycles. The second-order valence-corrected chi connectivity index (χ2v) is 7.16. The monoisotopic (exact) mass is 292 g/mol. The lowest BCUT2D eigenvalue weighted by Crippen LogP contribution is -2.18. The molecule has 20 heavy (non-hydrogen) atoms. The van der Waals surface area contributed by atoms with Crippen molar-refractivity contribution >= 4 is 11.6 Å². The Kier molecular flexibility index (Phi) is 5.96. The molecular formula is C19H29Cl. The third-order valence-electron chi connectivity index (χ3n) is 4.99. The number of aryl methyl sites for hydroxylation is 2. The summed E-state index contributed by atoms with van der Waals surface area (Å²) >= 11 is 6.79. The first-order valence-electron chi connectivity index (χ1n) is 8.33. The van der Waals surface area contributed by atoms with E-state index in [0.29, 0.717) is 5.92 Å². The molecule has 1 aromatic carbocycles. The van der Waals surface area contributed by atoms with E-state index in [-0.39, 0.29) is 5.38 Å². The van der Waals surface area contributed by atoms with Gasteiger partial charge in [-0.25, -0.2) is 0 Å². The van der Waals surface area contributed by atoms with Crippen LogP contribution in [0.15, 0.2) is 18.2 Å². The molecule has 0 aliphatic heterocycles. The van der Waals surface area contributed by atoms with Gasteiger partial charge in [-0.2, -0.15) is 0 Å². The third-order valence-corrected chi connectivity index (χ3v) is 5.59. The van der Waals surface area contributed by atoms with Crippen molar-refractivity contribution in [3.63, 3.8) is 0 Å². The lowest BCUT2D eigenvalue weighted by Gasteiger charge is -2.32. The van der Waals surface area contributed by atoms with Gasteiger partial charge < -0.3 is 0 Å². The van der Waals surface area contributed by atoms with Crippen LogP contribution in [0.5, 0.6) is 0 Å². The molecule has 0 saturated heterocycles. The zero-order chi connectivity index (χ0) is 14.5. The van der Waals surface area contributed by atoms with E-state index in [9.17, 15) is 0 Å². The van der Waals surface area contributed by atoms with Crippen molar-refractivity contribution in [1.82, 2.24) is 0 Å². The molecule has 0 nitrogen and oxygen atoms in total. The first-order valence-corrected chi connectivity index (χ1v) is 8.76. The molecule has 0 N–H and O–H groups in total. The van der Waals surface area contributed by atoms with Crippen LogP contribution < -0.4 is 0 Å². The van der Waals surface area contributed by atoms with Gasteiger partial charge in [-0.1, -0.05) is 62.8 Å². The number of hydrogen-bond donors (Lipinski definition) is 0. The lowest BCUT2D eigenvalue weighted by molar-refractivity contribution is 0.254. The van der Waals surface area contributed by atoms with Gasteiger partial charge in [0.1, 0.15) is 0 Å². The van der Waals surface area contributed by atoms with Crippen LogP contribution in [0.25, 0.3) is 0 Å². The van der Waals surface area contributed by atoms with Crippen molar-refractivity contribution < 1.29 is 0 Å². The molecule has 1 aliphatic rings. The van der Waals surface area contributed by atoms with Crippen molar-refractivity contribution in [3.8, 4) is 0 Å². The molecule has 0 bridgehead atoms. The van der Waals surface area contributed by atoms with Gasteiger partial charge in [-0.15, -0.1) is 11.6 Å². The SMILES string of the molecule is CCCCC1CCC(C(Cl)c2ccc(C)cc2C)CC1. The average Bonchev–Trinajstić information content (AvgIpc) is 2.45. The number of halogens is 1. The Morgan fingerprint density at radius 1 is 1.15 bits per heavy atom. The minimum atomic E-state index is 0.211. The summed E-state index contributed by atoms with van der Waals surface area (Å²) in [6, 6.07) is 6.70. The number of alkyl halides is 1. The molecule has 1 aromatic rings. The molecule has 0 heterocycles. The van der Waals surface area contributed by atoms with Gasteiger partial charge in [-0.05, 0) is 49.7 Å². The van der Waals surface area contributed by atoms with E-state index in [4.69, 9.17) is 11.6 Å². The van der Waals surface area contributed by atoms with Crippen molar-refractivity contribution in [2.75, 3.05) is 0 Å². The van der Waals surface area contributed by atoms with E-state index in [1.807, 2.05) is 0 Å². The topological polar surface area (TPSA) is 0 Å². The minimum Gasteiger partial charge on any atom is -0.118 e. The fourth-order valence-electron chi connectivity index (χ4n) is 3.65. The van der Waals surface area contributed by atoms with E-state index in [1.165, 1.54) is 61.6 Å². The Labute approximate surface area is 129 Å². The van der Waals surface area contributed by atoms with Crippen LogP contribution >= 0.6 is 11.6 Å². The van der Waals surface area contributed by atoms with Gasteiger partial charge in [0.2, 0.25) is 0 Å². The van der Waals surface area contributed by atoms with Gasteiger partial charge in [0.05, 0.1) is 5.38 Å². The first-order chi connectivity index (χ1) is 9.61. The molecule has 1 heteroatoms. The van der Waals surface area contributed by atoms with Gasteiger partial charge in [-0.3, -0.25) is 0 Å². The van der Waals surface area contributed by atoms with Crippen LogP contribution in [-0.2, 0) is 0 Å². The molecular weight excluding hydrogens is 264 g/mol. The molecule has 1 fully saturated rings. The van der Waals surface area contributed by atoms with Gasteiger partial charge in [0.25, 0.3) is 0 Å². The predicted molar refractivity (Wildman–Crippen MR) is 89.5 cm³/mol. The fourth-order valence-corrected chi connectivity index (χ4v) is 4.15. The number of rotatable bonds is 5. The Hall–Kier alpha value is -0.490. The molecule has 1 atom stereocenters. The normalized spacial score (nSPS) is 24.6.